The predicted molar refractivity (Wildman–Crippen MR) is 94.4 cm³/mol. The summed E-state index contributed by atoms with van der Waals surface area (Å²) in [5, 5.41) is 5.58. The molecular weight excluding hydrogens is 318 g/mol. The summed E-state index contributed by atoms with van der Waals surface area (Å²) in [6.45, 7) is 8.82. The number of hydrogen-bond donors (Lipinski definition) is 0. The zero-order chi connectivity index (χ0) is 15.4. The van der Waals surface area contributed by atoms with Gasteiger partial charge in [-0.2, -0.15) is 0 Å². The maximum atomic E-state index is 5.60. The van der Waals surface area contributed by atoms with Crippen molar-refractivity contribution in [3.63, 3.8) is 0 Å². The Bertz CT molecular complexity index is 928. The van der Waals surface area contributed by atoms with Gasteiger partial charge in [-0.15, -0.1) is 0 Å². The molecule has 0 amide bonds. The highest BCUT2D eigenvalue weighted by Crippen LogP contribution is 2.38. The zero-order valence-corrected chi connectivity index (χ0v) is 14.8. The highest BCUT2D eigenvalue weighted by atomic mass is 35.5. The van der Waals surface area contributed by atoms with Crippen molar-refractivity contribution in [1.29, 1.82) is 0 Å². The molecule has 0 unspecified atom stereocenters. The van der Waals surface area contributed by atoms with Crippen LogP contribution in [0.1, 0.15) is 16.7 Å². The molecule has 0 aliphatic carbocycles. The van der Waals surface area contributed by atoms with E-state index in [1.165, 1.54) is 44.7 Å². The van der Waals surface area contributed by atoms with Crippen molar-refractivity contribution in [2.24, 2.45) is 0 Å². The molecule has 5 rings (SSSR count). The summed E-state index contributed by atoms with van der Waals surface area (Å²) in [7, 11) is 0. The van der Waals surface area contributed by atoms with Gasteiger partial charge in [-0.1, -0.05) is 36.4 Å². The Labute approximate surface area is 149 Å². The summed E-state index contributed by atoms with van der Waals surface area (Å²) in [5.74, 6) is 0. The third-order valence-corrected chi connectivity index (χ3v) is 5.95. The molecular formula is C21H22ClNO. The van der Waals surface area contributed by atoms with Crippen LogP contribution >= 0.6 is 0 Å². The third kappa shape index (κ3) is 2.25. The average molecular weight is 340 g/mol. The Kier molecular flexibility index (Phi) is 3.80. The lowest BCUT2D eigenvalue weighted by molar-refractivity contribution is -0.953. The van der Waals surface area contributed by atoms with Crippen molar-refractivity contribution in [1.82, 2.24) is 0 Å². The summed E-state index contributed by atoms with van der Waals surface area (Å²) in [6, 6.07) is 15.8. The van der Waals surface area contributed by atoms with E-state index in [0.717, 1.165) is 26.3 Å². The van der Waals surface area contributed by atoms with Crippen LogP contribution in [-0.2, 0) is 17.8 Å². The highest BCUT2D eigenvalue weighted by Gasteiger charge is 2.38. The van der Waals surface area contributed by atoms with Crippen molar-refractivity contribution in [3.05, 3.63) is 59.2 Å². The van der Waals surface area contributed by atoms with E-state index < -0.39 is 0 Å². The molecule has 0 saturated carbocycles. The minimum atomic E-state index is 0. The summed E-state index contributed by atoms with van der Waals surface area (Å²) in [6.07, 6.45) is 0. The number of quaternary nitrogens is 1. The van der Waals surface area contributed by atoms with Gasteiger partial charge in [-0.25, -0.2) is 0 Å². The number of hydrogen-bond acceptors (Lipinski definition) is 1. The van der Waals surface area contributed by atoms with Gasteiger partial charge in [0.25, 0.3) is 0 Å². The van der Waals surface area contributed by atoms with Gasteiger partial charge in [-0.3, -0.25) is 0 Å². The third-order valence-electron chi connectivity index (χ3n) is 5.95. The second-order valence-electron chi connectivity index (χ2n) is 7.24. The van der Waals surface area contributed by atoms with E-state index in [9.17, 15) is 0 Å². The predicted octanol–water partition coefficient (Wildman–Crippen LogP) is 1.17. The second kappa shape index (κ2) is 5.73. The molecule has 1 saturated heterocycles. The summed E-state index contributed by atoms with van der Waals surface area (Å²) in [4.78, 5) is 0. The van der Waals surface area contributed by atoms with Crippen LogP contribution in [0.5, 0.6) is 0 Å². The number of fused-ring (bicyclic) bond motifs is 4. The van der Waals surface area contributed by atoms with Crippen molar-refractivity contribution in [2.45, 2.75) is 20.0 Å². The molecule has 0 atom stereocenters. The van der Waals surface area contributed by atoms with E-state index in [4.69, 9.17) is 4.74 Å². The molecule has 1 fully saturated rings. The van der Waals surface area contributed by atoms with E-state index >= 15 is 0 Å². The number of aryl methyl sites for hydroxylation is 1. The Morgan fingerprint density at radius 2 is 1.67 bits per heavy atom. The fourth-order valence-electron chi connectivity index (χ4n) is 4.60. The van der Waals surface area contributed by atoms with Crippen molar-refractivity contribution >= 4 is 21.5 Å². The fourth-order valence-corrected chi connectivity index (χ4v) is 4.60. The number of rotatable bonds is 0. The van der Waals surface area contributed by atoms with Crippen LogP contribution in [0.3, 0.4) is 0 Å². The Morgan fingerprint density at radius 3 is 2.50 bits per heavy atom. The van der Waals surface area contributed by atoms with E-state index in [0.29, 0.717) is 0 Å². The van der Waals surface area contributed by atoms with E-state index in [-0.39, 0.29) is 12.4 Å². The molecule has 2 aliphatic rings. The molecule has 0 bridgehead atoms. The molecule has 3 aromatic carbocycles. The number of morpholine rings is 1. The van der Waals surface area contributed by atoms with Gasteiger partial charge in [0, 0.05) is 11.1 Å². The van der Waals surface area contributed by atoms with Gasteiger partial charge in [0.1, 0.15) is 26.2 Å². The normalized spacial score (nSPS) is 18.7. The number of benzene rings is 3. The fraction of sp³-hybridized carbons (Fsp3) is 0.333. The molecule has 3 aromatic rings. The average Bonchev–Trinajstić information content (AvgIpc) is 2.93. The first-order chi connectivity index (χ1) is 11.3. The quantitative estimate of drug-likeness (QED) is 0.441. The first-order valence-corrected chi connectivity index (χ1v) is 8.61. The number of halogens is 1. The lowest BCUT2D eigenvalue weighted by Crippen LogP contribution is -3.00. The number of nitrogens with zero attached hydrogens (tertiary/aromatic N) is 1. The maximum Gasteiger partial charge on any atom is 0.106 e. The molecule has 0 N–H and O–H groups in total. The van der Waals surface area contributed by atoms with Crippen LogP contribution in [-0.4, -0.2) is 30.8 Å². The summed E-state index contributed by atoms with van der Waals surface area (Å²) < 4.78 is 6.80. The van der Waals surface area contributed by atoms with Crippen LogP contribution in [0.4, 0.5) is 0 Å². The van der Waals surface area contributed by atoms with Crippen molar-refractivity contribution in [2.75, 3.05) is 26.3 Å². The summed E-state index contributed by atoms with van der Waals surface area (Å²) in [5.41, 5.74) is 4.65. The minimum Gasteiger partial charge on any atom is -1.00 e. The minimum absolute atomic E-state index is 0. The SMILES string of the molecule is Cc1c2c(cc3c1ccc1ccccc13)C[N+]1(CCOCC1)C2.[Cl-]. The van der Waals surface area contributed by atoms with Gasteiger partial charge in [-0.05, 0) is 40.1 Å². The molecule has 2 heterocycles. The van der Waals surface area contributed by atoms with Gasteiger partial charge in [0.15, 0.2) is 0 Å². The molecule has 2 aliphatic heterocycles. The smallest absolute Gasteiger partial charge is 0.106 e. The zero-order valence-electron chi connectivity index (χ0n) is 14.0. The maximum absolute atomic E-state index is 5.60. The van der Waals surface area contributed by atoms with Crippen molar-refractivity contribution < 1.29 is 21.6 Å². The first kappa shape index (κ1) is 15.9. The molecule has 3 heteroatoms. The molecule has 1 spiro atoms. The van der Waals surface area contributed by atoms with Gasteiger partial charge >= 0.3 is 0 Å². The monoisotopic (exact) mass is 339 g/mol. The molecule has 2 nitrogen and oxygen atoms in total. The highest BCUT2D eigenvalue weighted by molar-refractivity contribution is 6.09. The van der Waals surface area contributed by atoms with E-state index in [2.05, 4.69) is 49.4 Å². The van der Waals surface area contributed by atoms with Crippen molar-refractivity contribution in [3.8, 4) is 0 Å². The van der Waals surface area contributed by atoms with Gasteiger partial charge < -0.3 is 21.6 Å². The van der Waals surface area contributed by atoms with Crippen LogP contribution in [0.15, 0.2) is 42.5 Å². The number of ether oxygens (including phenoxy) is 1. The molecule has 0 radical (unpaired) electrons. The lowest BCUT2D eigenvalue weighted by atomic mass is 9.93. The van der Waals surface area contributed by atoms with Crippen LogP contribution < -0.4 is 12.4 Å². The molecule has 124 valence electrons. The second-order valence-corrected chi connectivity index (χ2v) is 7.24. The lowest BCUT2D eigenvalue weighted by Gasteiger charge is -2.37. The standard InChI is InChI=1S/C21H22NO.ClH/c1-15-18-7-6-16-4-2-3-5-19(16)20(18)12-17-13-22(14-21(15)17)8-10-23-11-9-22;/h2-7,12H,8-11,13-14H2,1H3;1H/q+1;/p-1. The topological polar surface area (TPSA) is 9.23 Å². The largest absolute Gasteiger partial charge is 1.00 e. The Hall–Kier alpha value is -1.61. The van der Waals surface area contributed by atoms with Crippen LogP contribution in [0, 0.1) is 6.92 Å². The van der Waals surface area contributed by atoms with E-state index in [1.54, 1.807) is 11.1 Å². The Balaban J connectivity index is 0.00000146. The van der Waals surface area contributed by atoms with Crippen LogP contribution in [0.25, 0.3) is 21.5 Å². The van der Waals surface area contributed by atoms with E-state index in [1.807, 2.05) is 0 Å². The van der Waals surface area contributed by atoms with Gasteiger partial charge in [0.2, 0.25) is 0 Å². The summed E-state index contributed by atoms with van der Waals surface area (Å²) >= 11 is 0. The van der Waals surface area contributed by atoms with Crippen LogP contribution in [0.2, 0.25) is 0 Å². The van der Waals surface area contributed by atoms with Gasteiger partial charge in [0.05, 0.1) is 13.2 Å². The molecule has 24 heavy (non-hydrogen) atoms. The first-order valence-electron chi connectivity index (χ1n) is 8.61. The Morgan fingerprint density at radius 1 is 0.875 bits per heavy atom. The molecule has 0 aromatic heterocycles.